The van der Waals surface area contributed by atoms with Crippen LogP contribution in [0.3, 0.4) is 0 Å². The summed E-state index contributed by atoms with van der Waals surface area (Å²) in [5.74, 6) is 0. The average molecular weight is 400 g/mol. The molecule has 0 aliphatic carbocycles. The maximum atomic E-state index is 8.52. The van der Waals surface area contributed by atoms with Crippen molar-refractivity contribution in [3.05, 3.63) is 0 Å². The monoisotopic (exact) mass is 400 g/mol. The van der Waals surface area contributed by atoms with E-state index in [1.807, 2.05) is 0 Å². The van der Waals surface area contributed by atoms with Crippen molar-refractivity contribution in [3.63, 3.8) is 0 Å². The molecule has 17 heavy (non-hydrogen) atoms. The summed E-state index contributed by atoms with van der Waals surface area (Å²) in [6.07, 6.45) is 0. The van der Waals surface area contributed by atoms with Crippen LogP contribution in [-0.4, -0.2) is 52.6 Å². The van der Waals surface area contributed by atoms with Gasteiger partial charge in [-0.2, -0.15) is 0 Å². The second-order valence-corrected chi connectivity index (χ2v) is 3.67. The van der Waals surface area contributed by atoms with E-state index in [0.717, 1.165) is 0 Å². The molecule has 0 N–H and O–H groups in total. The Kier molecular flexibility index (Phi) is 21.1. The Hall–Kier alpha value is 0.649. The maximum Gasteiger partial charge on any atom is 0.0311 e. The van der Waals surface area contributed by atoms with Crippen molar-refractivity contribution in [2.45, 2.75) is 0 Å². The molecule has 0 aliphatic heterocycles. The molecule has 0 heterocycles. The minimum Gasteiger partial charge on any atom is -0.759 e. The predicted molar refractivity (Wildman–Crippen MR) is 31.4 cm³/mol. The Morgan fingerprint density at radius 2 is 0.412 bits per heavy atom. The normalized spacial score (nSPS) is 10.2. The van der Waals surface area contributed by atoms with E-state index in [1.165, 1.54) is 0 Å². The minimum atomic E-state index is -5.17. The van der Waals surface area contributed by atoms with Gasteiger partial charge in [0, 0.05) is 65.3 Å². The van der Waals surface area contributed by atoms with Crippen LogP contribution in [0.25, 0.3) is 0 Å². The van der Waals surface area contributed by atoms with Crippen molar-refractivity contribution in [2.24, 2.45) is 0 Å². The maximum absolute atomic E-state index is 8.52. The fourth-order valence-corrected chi connectivity index (χ4v) is 0. The second kappa shape index (κ2) is 11.7. The van der Waals surface area contributed by atoms with Gasteiger partial charge in [0.1, 0.15) is 0 Å². The Morgan fingerprint density at radius 1 is 0.412 bits per heavy atom. The first kappa shape index (κ1) is 30.6. The molecule has 17 heteroatoms. The number of rotatable bonds is 0. The van der Waals surface area contributed by atoms with E-state index in [2.05, 4.69) is 0 Å². The Labute approximate surface area is 117 Å². The molecule has 0 saturated carbocycles. The zero-order valence-electron chi connectivity index (χ0n) is 6.83. The molecule has 0 amide bonds. The van der Waals surface area contributed by atoms with Crippen molar-refractivity contribution in [3.8, 4) is 0 Å². The molecule has 0 atom stereocenters. The van der Waals surface area contributed by atoms with Crippen LogP contribution in [0.4, 0.5) is 0 Å². The van der Waals surface area contributed by atoms with Crippen molar-refractivity contribution in [1.82, 2.24) is 0 Å². The van der Waals surface area contributed by atoms with Crippen LogP contribution in [0, 0.1) is 0 Å². The van der Waals surface area contributed by atoms with Crippen LogP contribution in [0.15, 0.2) is 0 Å². The quantitative estimate of drug-likeness (QED) is 0.214. The molecule has 0 rings (SSSR count). The first-order chi connectivity index (χ1) is 6.00. The zero-order valence-corrected chi connectivity index (χ0v) is 11.5. The van der Waals surface area contributed by atoms with E-state index in [9.17, 15) is 0 Å². The fraction of sp³-hybridized carbons (Fsp3) is 0. The zero-order chi connectivity index (χ0) is 13.5. The molecule has 112 valence electrons. The van der Waals surface area contributed by atoms with E-state index in [1.54, 1.807) is 0 Å². The topological polar surface area (TPSA) is 241 Å². The van der Waals surface area contributed by atoms with Gasteiger partial charge < -0.3 is 27.3 Å². The molecule has 0 unspecified atom stereocenters. The van der Waals surface area contributed by atoms with Crippen molar-refractivity contribution < 1.29 is 86.7 Å². The van der Waals surface area contributed by atoms with Crippen LogP contribution in [-0.2, 0) is 65.3 Å². The molecule has 0 radical (unpaired) electrons. The molecule has 0 fully saturated rings. The predicted octanol–water partition coefficient (Wildman–Crippen LogP) is -4.02. The van der Waals surface area contributed by atoms with E-state index in [-0.39, 0.29) is 34.1 Å². The molecule has 0 aliphatic rings. The Balaban J connectivity index is -0.0000000400. The van der Waals surface area contributed by atoms with Gasteiger partial charge >= 0.3 is 0 Å². The average Bonchev–Trinajstić information content (AvgIpc) is 1.41. The molecule has 0 bridgehead atoms. The van der Waals surface area contributed by atoms with Gasteiger partial charge in [-0.3, -0.25) is 25.3 Å². The van der Waals surface area contributed by atoms with Crippen LogP contribution >= 0.6 is 0 Å². The number of hydrogen-bond donors (Lipinski definition) is 0. The molecular formula is Fe2O12S3-6. The summed E-state index contributed by atoms with van der Waals surface area (Å²) in [6, 6.07) is 0. The third-order valence-electron chi connectivity index (χ3n) is 0. The van der Waals surface area contributed by atoms with Gasteiger partial charge in [0.15, 0.2) is 0 Å². The molecule has 0 aromatic carbocycles. The largest absolute Gasteiger partial charge is 0.759 e. The van der Waals surface area contributed by atoms with E-state index in [4.69, 9.17) is 52.6 Å². The van der Waals surface area contributed by atoms with Gasteiger partial charge in [-0.25, -0.2) is 0 Å². The summed E-state index contributed by atoms with van der Waals surface area (Å²) in [6.45, 7) is 0. The van der Waals surface area contributed by atoms with Gasteiger partial charge in [-0.15, -0.1) is 0 Å². The standard InChI is InChI=1S/2Fe.3H2O4S/c;;3*1-5(2,3)4/h;;3*(H2,1,2,3,4)/p-6. The third kappa shape index (κ3) is 8480. The Morgan fingerprint density at radius 3 is 0.412 bits per heavy atom. The van der Waals surface area contributed by atoms with E-state index < -0.39 is 31.2 Å². The SMILES string of the molecule is O=S(=O)([O-])[O-].O=S(=O)([O-])[O-].O=S(=O)([O-])[O-].[Fe].[Fe]. The summed E-state index contributed by atoms with van der Waals surface area (Å²) in [5.41, 5.74) is 0. The smallest absolute Gasteiger partial charge is 0.0311 e. The number of hydrogen-bond acceptors (Lipinski definition) is 12. The molecule has 0 spiro atoms. The van der Waals surface area contributed by atoms with Crippen LogP contribution in [0.1, 0.15) is 0 Å². The fourth-order valence-electron chi connectivity index (χ4n) is 0. The van der Waals surface area contributed by atoms with Crippen LogP contribution in [0.2, 0.25) is 0 Å². The molecule has 12 nitrogen and oxygen atoms in total. The van der Waals surface area contributed by atoms with Crippen molar-refractivity contribution in [2.75, 3.05) is 0 Å². The summed E-state index contributed by atoms with van der Waals surface area (Å²) < 4.78 is 102. The van der Waals surface area contributed by atoms with Gasteiger partial charge in [0.25, 0.3) is 0 Å². The summed E-state index contributed by atoms with van der Waals surface area (Å²) in [7, 11) is -15.5. The first-order valence-corrected chi connectivity index (χ1v) is 6.00. The summed E-state index contributed by atoms with van der Waals surface area (Å²) >= 11 is 0. The summed E-state index contributed by atoms with van der Waals surface area (Å²) in [4.78, 5) is 0. The second-order valence-electron chi connectivity index (χ2n) is 1.22. The molecule has 0 aromatic heterocycles. The molecular weight excluding hydrogens is 400 g/mol. The first-order valence-electron chi connectivity index (χ1n) is 2.00. The van der Waals surface area contributed by atoms with Gasteiger partial charge in [0.2, 0.25) is 0 Å². The van der Waals surface area contributed by atoms with Gasteiger partial charge in [-0.1, -0.05) is 0 Å². The van der Waals surface area contributed by atoms with E-state index >= 15 is 0 Å². The van der Waals surface area contributed by atoms with Crippen LogP contribution < -0.4 is 0 Å². The van der Waals surface area contributed by atoms with Gasteiger partial charge in [-0.05, 0) is 0 Å². The molecule has 0 saturated heterocycles. The van der Waals surface area contributed by atoms with Crippen molar-refractivity contribution >= 4 is 31.2 Å². The van der Waals surface area contributed by atoms with Crippen molar-refractivity contribution in [1.29, 1.82) is 0 Å². The van der Waals surface area contributed by atoms with Crippen LogP contribution in [0.5, 0.6) is 0 Å². The minimum absolute atomic E-state index is 0. The van der Waals surface area contributed by atoms with Gasteiger partial charge in [0.05, 0.1) is 0 Å². The van der Waals surface area contributed by atoms with E-state index in [0.29, 0.717) is 0 Å². The molecule has 0 aromatic rings. The summed E-state index contributed by atoms with van der Waals surface area (Å²) in [5, 5.41) is 0. The third-order valence-corrected chi connectivity index (χ3v) is 0. The Bertz CT molecular complexity index is 341.